The van der Waals surface area contributed by atoms with E-state index >= 15 is 0 Å². The predicted molar refractivity (Wildman–Crippen MR) is 169 cm³/mol. The van der Waals surface area contributed by atoms with Crippen LogP contribution in [0, 0.1) is 29.6 Å². The fraction of sp³-hybridized carbons (Fsp3) is 0.351. The number of aromatic hydroxyl groups is 1. The van der Waals surface area contributed by atoms with E-state index < -0.39 is 35.5 Å². The smallest absolute Gasteiger partial charge is 0.238 e. The van der Waals surface area contributed by atoms with Gasteiger partial charge in [0.05, 0.1) is 42.2 Å². The zero-order chi connectivity index (χ0) is 31.6. The molecule has 0 aromatic heterocycles. The summed E-state index contributed by atoms with van der Waals surface area (Å²) in [7, 11) is 1.47. The second-order valence-electron chi connectivity index (χ2n) is 12.5. The number of carbonyl (C=O) groups excluding carboxylic acids is 4. The molecule has 4 aliphatic rings. The number of phenolic OH excluding ortho intramolecular Hbond substituents is 1. The van der Waals surface area contributed by atoms with Crippen LogP contribution in [0.2, 0.25) is 0 Å². The van der Waals surface area contributed by atoms with Gasteiger partial charge in [0.15, 0.2) is 11.5 Å². The molecule has 6 atom stereocenters. The normalized spacial score (nSPS) is 27.3. The molecule has 45 heavy (non-hydrogen) atoms. The summed E-state index contributed by atoms with van der Waals surface area (Å²) in [5.41, 5.74) is 4.85. The quantitative estimate of drug-likeness (QED) is 0.292. The number of amides is 4. The second kappa shape index (κ2) is 11.0. The third-order valence-corrected chi connectivity index (χ3v) is 10.4. The van der Waals surface area contributed by atoms with Crippen LogP contribution in [0.3, 0.4) is 0 Å². The van der Waals surface area contributed by atoms with E-state index in [1.165, 1.54) is 16.9 Å². The minimum Gasteiger partial charge on any atom is -0.504 e. The zero-order valence-electron chi connectivity index (χ0n) is 25.6. The monoisotopic (exact) mass is 604 g/mol. The molecule has 8 nitrogen and oxygen atoms in total. The summed E-state index contributed by atoms with van der Waals surface area (Å²) in [6.45, 7) is 4.10. The maximum Gasteiger partial charge on any atom is 0.238 e. The van der Waals surface area contributed by atoms with Gasteiger partial charge < -0.3 is 9.84 Å². The standard InChI is InChI=1S/C37H36N2O6/c1-4-20-6-11-23(12-7-20)38-34(41)26-16-15-25-27(32(26)36(38)43)19-28-33(31(25)22-10-17-30(45-3)29(40)18-22)37(44)39(35(28)42)24-13-8-21(5-2)9-14-24/h6-15,17-18,26-28,31-33,40H,4-5,16,19H2,1-3H3. The van der Waals surface area contributed by atoms with Crippen molar-refractivity contribution in [1.29, 1.82) is 0 Å². The number of carbonyl (C=O) groups is 4. The van der Waals surface area contributed by atoms with Crippen molar-refractivity contribution in [3.8, 4) is 11.5 Å². The summed E-state index contributed by atoms with van der Waals surface area (Å²) in [6.07, 6.45) is 4.36. The van der Waals surface area contributed by atoms with Crippen LogP contribution in [0.1, 0.15) is 49.3 Å². The van der Waals surface area contributed by atoms with E-state index in [1.807, 2.05) is 67.6 Å². The Morgan fingerprint density at radius 1 is 0.711 bits per heavy atom. The Morgan fingerprint density at radius 2 is 1.27 bits per heavy atom. The third-order valence-electron chi connectivity index (χ3n) is 10.4. The molecule has 3 aromatic carbocycles. The number of aryl methyl sites for hydroxylation is 2. The van der Waals surface area contributed by atoms with E-state index in [0.717, 1.165) is 29.5 Å². The molecule has 0 spiro atoms. The van der Waals surface area contributed by atoms with Gasteiger partial charge in [0.2, 0.25) is 23.6 Å². The van der Waals surface area contributed by atoms with Gasteiger partial charge in [-0.3, -0.25) is 29.0 Å². The minimum atomic E-state index is -0.708. The van der Waals surface area contributed by atoms with Gasteiger partial charge in [0.1, 0.15) is 0 Å². The number of allylic oxidation sites excluding steroid dienone is 2. The van der Waals surface area contributed by atoms with E-state index in [2.05, 4.69) is 6.92 Å². The van der Waals surface area contributed by atoms with Gasteiger partial charge in [-0.05, 0) is 84.7 Å². The number of imide groups is 2. The maximum atomic E-state index is 14.3. The Kier molecular flexibility index (Phi) is 7.10. The van der Waals surface area contributed by atoms with Crippen LogP contribution in [0.15, 0.2) is 78.4 Å². The number of anilines is 2. The first-order chi connectivity index (χ1) is 21.8. The highest BCUT2D eigenvalue weighted by Gasteiger charge is 2.62. The van der Waals surface area contributed by atoms with Crippen LogP contribution in [0.5, 0.6) is 11.5 Å². The number of nitrogens with zero attached hydrogens (tertiary/aromatic N) is 2. The predicted octanol–water partition coefficient (Wildman–Crippen LogP) is 5.57. The van der Waals surface area contributed by atoms with Crippen molar-refractivity contribution < 1.29 is 29.0 Å². The van der Waals surface area contributed by atoms with Crippen molar-refractivity contribution >= 4 is 35.0 Å². The summed E-state index contributed by atoms with van der Waals surface area (Å²) >= 11 is 0. The summed E-state index contributed by atoms with van der Waals surface area (Å²) in [5.74, 6) is -4.36. The third kappa shape index (κ3) is 4.41. The van der Waals surface area contributed by atoms with Gasteiger partial charge in [0, 0.05) is 5.92 Å². The average molecular weight is 605 g/mol. The lowest BCUT2D eigenvalue weighted by molar-refractivity contribution is -0.126. The number of methoxy groups -OCH3 is 1. The molecule has 8 heteroatoms. The molecule has 4 amide bonds. The Morgan fingerprint density at radius 3 is 1.80 bits per heavy atom. The average Bonchev–Trinajstić information content (AvgIpc) is 3.47. The highest BCUT2D eigenvalue weighted by molar-refractivity contribution is 6.24. The van der Waals surface area contributed by atoms with E-state index in [4.69, 9.17) is 4.74 Å². The molecule has 2 heterocycles. The lowest BCUT2D eigenvalue weighted by Gasteiger charge is -2.44. The van der Waals surface area contributed by atoms with Gasteiger partial charge in [-0.2, -0.15) is 0 Å². The van der Waals surface area contributed by atoms with Crippen molar-refractivity contribution in [1.82, 2.24) is 0 Å². The van der Waals surface area contributed by atoms with Crippen LogP contribution in [-0.2, 0) is 32.0 Å². The molecule has 2 aliphatic carbocycles. The maximum absolute atomic E-state index is 14.3. The van der Waals surface area contributed by atoms with Gasteiger partial charge >= 0.3 is 0 Å². The van der Waals surface area contributed by atoms with Crippen molar-refractivity contribution in [2.24, 2.45) is 29.6 Å². The Balaban J connectivity index is 1.31. The van der Waals surface area contributed by atoms with Crippen LogP contribution in [0.4, 0.5) is 11.4 Å². The fourth-order valence-corrected chi connectivity index (χ4v) is 8.13. The largest absolute Gasteiger partial charge is 0.504 e. The SMILES string of the molecule is CCc1ccc(N2C(=O)C3CC=C4C(CC5C(=O)N(c6ccc(CC)cc6)C(=O)C5C4c4ccc(OC)c(O)c4)C3C2=O)cc1. The molecule has 0 radical (unpaired) electrons. The lowest BCUT2D eigenvalue weighted by Crippen LogP contribution is -2.43. The Bertz CT molecular complexity index is 1740. The molecule has 1 N–H and O–H groups in total. The summed E-state index contributed by atoms with van der Waals surface area (Å²) in [6, 6.07) is 20.0. The van der Waals surface area contributed by atoms with Crippen LogP contribution in [0.25, 0.3) is 0 Å². The number of ether oxygens (including phenoxy) is 1. The van der Waals surface area contributed by atoms with E-state index in [-0.39, 0.29) is 29.4 Å². The minimum absolute atomic E-state index is 0.0689. The molecule has 0 bridgehead atoms. The van der Waals surface area contributed by atoms with Gasteiger partial charge in [-0.15, -0.1) is 0 Å². The summed E-state index contributed by atoms with van der Waals surface area (Å²) in [5, 5.41) is 10.8. The van der Waals surface area contributed by atoms with E-state index in [9.17, 15) is 24.3 Å². The fourth-order valence-electron chi connectivity index (χ4n) is 8.13. The number of rotatable bonds is 6. The lowest BCUT2D eigenvalue weighted by atomic mass is 9.57. The van der Waals surface area contributed by atoms with E-state index in [1.54, 1.807) is 12.1 Å². The van der Waals surface area contributed by atoms with Crippen molar-refractivity contribution in [3.63, 3.8) is 0 Å². The first-order valence-corrected chi connectivity index (χ1v) is 15.8. The summed E-state index contributed by atoms with van der Waals surface area (Å²) < 4.78 is 5.28. The molecule has 6 unspecified atom stereocenters. The van der Waals surface area contributed by atoms with Gasteiger partial charge in [-0.25, -0.2) is 0 Å². The topological polar surface area (TPSA) is 104 Å². The summed E-state index contributed by atoms with van der Waals surface area (Å²) in [4.78, 5) is 59.0. The molecular formula is C37H36N2O6. The zero-order valence-corrected chi connectivity index (χ0v) is 25.6. The van der Waals surface area contributed by atoms with Crippen molar-refractivity contribution in [3.05, 3.63) is 95.1 Å². The van der Waals surface area contributed by atoms with E-state index in [0.29, 0.717) is 35.5 Å². The highest BCUT2D eigenvalue weighted by Crippen LogP contribution is 2.58. The van der Waals surface area contributed by atoms with Gasteiger partial charge in [-0.1, -0.05) is 55.8 Å². The number of benzene rings is 3. The Labute approximate surface area is 262 Å². The number of hydrogen-bond acceptors (Lipinski definition) is 6. The molecule has 2 aliphatic heterocycles. The number of phenols is 1. The number of hydrogen-bond donors (Lipinski definition) is 1. The van der Waals surface area contributed by atoms with Crippen LogP contribution in [-0.4, -0.2) is 35.8 Å². The first kappa shape index (κ1) is 29.0. The molecule has 7 rings (SSSR count). The molecule has 3 aromatic rings. The molecule has 2 saturated heterocycles. The van der Waals surface area contributed by atoms with Crippen molar-refractivity contribution in [2.75, 3.05) is 16.9 Å². The van der Waals surface area contributed by atoms with Crippen molar-refractivity contribution in [2.45, 2.75) is 45.4 Å². The molecule has 3 fully saturated rings. The molecular weight excluding hydrogens is 568 g/mol. The van der Waals surface area contributed by atoms with Gasteiger partial charge in [0.25, 0.3) is 0 Å². The number of fused-ring (bicyclic) bond motifs is 4. The first-order valence-electron chi connectivity index (χ1n) is 15.8. The molecule has 230 valence electrons. The van der Waals surface area contributed by atoms with Crippen LogP contribution < -0.4 is 14.5 Å². The second-order valence-corrected chi connectivity index (χ2v) is 12.5. The Hall–Kier alpha value is -4.72. The highest BCUT2D eigenvalue weighted by atomic mass is 16.5. The molecule has 1 saturated carbocycles. The van der Waals surface area contributed by atoms with Crippen LogP contribution >= 0.6 is 0 Å².